The van der Waals surface area contributed by atoms with E-state index < -0.39 is 46.4 Å². The molecule has 1 amide bonds. The Hall–Kier alpha value is -0.920. The second kappa shape index (κ2) is 4.08. The van der Waals surface area contributed by atoms with Crippen LogP contribution in [0.4, 0.5) is 13.1 Å². The molecule has 0 aromatic carbocycles. The highest BCUT2D eigenvalue weighted by molar-refractivity contribution is 7.86. The third kappa shape index (κ3) is 4.45. The average Bonchev–Trinajstić information content (AvgIpc) is 1.92. The fourth-order valence-corrected chi connectivity index (χ4v) is 2.29. The van der Waals surface area contributed by atoms with Gasteiger partial charge in [-0.05, 0) is 20.8 Å². The number of carbonyl (C=O) groups excluding carboxylic acids is 1. The van der Waals surface area contributed by atoms with Crippen LogP contribution < -0.4 is 0 Å². The fourth-order valence-electron chi connectivity index (χ4n) is 1.49. The minimum absolute atomic E-state index is 0.467. The summed E-state index contributed by atoms with van der Waals surface area (Å²) in [7, 11) is -4.88. The van der Waals surface area contributed by atoms with Gasteiger partial charge in [0.05, 0.1) is 13.1 Å². The van der Waals surface area contributed by atoms with Crippen molar-refractivity contribution >= 4 is 16.3 Å². The Bertz CT molecular complexity index is 409. The number of amides is 1. The van der Waals surface area contributed by atoms with Crippen LogP contribution in [0.5, 0.6) is 0 Å². The lowest BCUT2D eigenvalue weighted by Gasteiger charge is -2.43. The number of halogens is 2. The lowest BCUT2D eigenvalue weighted by Crippen LogP contribution is -2.64. The van der Waals surface area contributed by atoms with Crippen LogP contribution >= 0.6 is 0 Å². The highest BCUT2D eigenvalue weighted by atomic mass is 32.3. The number of carbonyl (C=O) groups is 1. The number of ether oxygens (including phenoxy) is 1. The van der Waals surface area contributed by atoms with Crippen molar-refractivity contribution in [3.05, 3.63) is 0 Å². The van der Waals surface area contributed by atoms with Gasteiger partial charge in [-0.2, -0.15) is 8.42 Å². The van der Waals surface area contributed by atoms with Gasteiger partial charge in [0, 0.05) is 0 Å². The Morgan fingerprint density at radius 1 is 1.41 bits per heavy atom. The number of alkyl halides is 1. The first kappa shape index (κ1) is 14.1. The molecule has 5 nitrogen and oxygen atoms in total. The third-order valence-corrected chi connectivity index (χ3v) is 2.89. The fraction of sp³-hybridized carbons (Fsp3) is 0.889. The van der Waals surface area contributed by atoms with E-state index in [4.69, 9.17) is 4.74 Å². The third-order valence-electron chi connectivity index (χ3n) is 2.03. The summed E-state index contributed by atoms with van der Waals surface area (Å²) in [6, 6.07) is 0. The van der Waals surface area contributed by atoms with Crippen molar-refractivity contribution in [1.29, 1.82) is 0 Å². The van der Waals surface area contributed by atoms with Crippen molar-refractivity contribution in [2.75, 3.05) is 18.8 Å². The number of hydrogen-bond acceptors (Lipinski definition) is 4. The number of hydrogen-bond donors (Lipinski definition) is 0. The molecule has 1 aliphatic rings. The Kier molecular flexibility index (Phi) is 3.39. The predicted molar refractivity (Wildman–Crippen MR) is 56.5 cm³/mol. The first-order valence-corrected chi connectivity index (χ1v) is 6.55. The van der Waals surface area contributed by atoms with E-state index in [0.29, 0.717) is 0 Å². The second-order valence-corrected chi connectivity index (χ2v) is 6.54. The maximum Gasteiger partial charge on any atom is 0.410 e. The highest BCUT2D eigenvalue weighted by Gasteiger charge is 2.50. The molecule has 0 atom stereocenters. The molecule has 17 heavy (non-hydrogen) atoms. The molecule has 8 heteroatoms. The van der Waals surface area contributed by atoms with Gasteiger partial charge in [-0.3, -0.25) is 0 Å². The van der Waals surface area contributed by atoms with Crippen molar-refractivity contribution in [2.24, 2.45) is 0 Å². The van der Waals surface area contributed by atoms with E-state index in [1.54, 1.807) is 20.8 Å². The van der Waals surface area contributed by atoms with E-state index in [1.165, 1.54) is 0 Å². The summed E-state index contributed by atoms with van der Waals surface area (Å²) < 4.78 is 51.4. The molecule has 0 radical (unpaired) electrons. The smallest absolute Gasteiger partial charge is 0.410 e. The molecule has 1 aliphatic heterocycles. The highest BCUT2D eigenvalue weighted by Crippen LogP contribution is 2.29. The van der Waals surface area contributed by atoms with E-state index in [1.807, 2.05) is 0 Å². The van der Waals surface area contributed by atoms with Gasteiger partial charge < -0.3 is 9.64 Å². The molecule has 0 N–H and O–H groups in total. The topological polar surface area (TPSA) is 63.7 Å². The molecule has 0 spiro atoms. The summed E-state index contributed by atoms with van der Waals surface area (Å²) in [5, 5.41) is 0. The molecule has 100 valence electrons. The van der Waals surface area contributed by atoms with E-state index in [9.17, 15) is 21.5 Å². The normalized spacial score (nSPS) is 19.7. The monoisotopic (exact) mass is 271 g/mol. The lowest BCUT2D eigenvalue weighted by molar-refractivity contribution is -0.0410. The van der Waals surface area contributed by atoms with Crippen molar-refractivity contribution < 1.29 is 26.2 Å². The Balaban J connectivity index is 2.49. The SMILES string of the molecule is CC(C)(C)OC(=O)N1CC(F)(CS(=O)(=O)F)C1. The van der Waals surface area contributed by atoms with Crippen molar-refractivity contribution in [2.45, 2.75) is 32.0 Å². The molecule has 0 aromatic heterocycles. The molecule has 0 bridgehead atoms. The average molecular weight is 271 g/mol. The molecule has 1 rings (SSSR count). The van der Waals surface area contributed by atoms with Gasteiger partial charge >= 0.3 is 16.3 Å². The summed E-state index contributed by atoms with van der Waals surface area (Å²) in [5.74, 6) is -1.22. The van der Waals surface area contributed by atoms with Crippen molar-refractivity contribution in [3.8, 4) is 0 Å². The quantitative estimate of drug-likeness (QED) is 0.709. The summed E-state index contributed by atoms with van der Waals surface area (Å²) in [6.45, 7) is 4.02. The number of nitrogens with zero attached hydrogens (tertiary/aromatic N) is 1. The van der Waals surface area contributed by atoms with E-state index >= 15 is 0 Å². The van der Waals surface area contributed by atoms with Crippen LogP contribution in [0.1, 0.15) is 20.8 Å². The molecule has 0 saturated carbocycles. The summed E-state index contributed by atoms with van der Waals surface area (Å²) in [5.41, 5.74) is -2.91. The zero-order valence-electron chi connectivity index (χ0n) is 9.87. The first-order chi connectivity index (χ1) is 7.40. The van der Waals surface area contributed by atoms with E-state index in [-0.39, 0.29) is 0 Å². The Labute approximate surface area is 98.9 Å². The maximum absolute atomic E-state index is 13.6. The minimum Gasteiger partial charge on any atom is -0.444 e. The summed E-state index contributed by atoms with van der Waals surface area (Å²) in [4.78, 5) is 12.4. The Morgan fingerprint density at radius 2 is 1.88 bits per heavy atom. The van der Waals surface area contributed by atoms with Crippen molar-refractivity contribution in [3.63, 3.8) is 0 Å². The van der Waals surface area contributed by atoms with Gasteiger partial charge in [-0.25, -0.2) is 9.18 Å². The summed E-state index contributed by atoms with van der Waals surface area (Å²) in [6.07, 6.45) is -0.734. The van der Waals surface area contributed by atoms with Crippen molar-refractivity contribution in [1.82, 2.24) is 4.90 Å². The van der Waals surface area contributed by atoms with Gasteiger partial charge in [0.2, 0.25) is 0 Å². The van der Waals surface area contributed by atoms with Gasteiger partial charge in [-0.1, -0.05) is 0 Å². The number of rotatable bonds is 2. The predicted octanol–water partition coefficient (Wildman–Crippen LogP) is 1.24. The molecule has 0 unspecified atom stereocenters. The second-order valence-electron chi connectivity index (χ2n) is 5.17. The molecule has 1 fully saturated rings. The zero-order chi connectivity index (χ0) is 13.5. The van der Waals surface area contributed by atoms with Gasteiger partial charge in [0.15, 0.2) is 5.67 Å². The number of likely N-dealkylation sites (tertiary alicyclic amines) is 1. The standard InChI is InChI=1S/C9H15F2NO4S/c1-8(2,3)16-7(13)12-4-9(10,5-12)6-17(11,14)15/h4-6H2,1-3H3. The van der Waals surface area contributed by atoms with E-state index in [0.717, 1.165) is 4.90 Å². The first-order valence-electron chi connectivity index (χ1n) is 4.99. The molecular weight excluding hydrogens is 256 g/mol. The largest absolute Gasteiger partial charge is 0.444 e. The lowest BCUT2D eigenvalue weighted by atomic mass is 10.00. The summed E-state index contributed by atoms with van der Waals surface area (Å²) >= 11 is 0. The minimum atomic E-state index is -4.88. The van der Waals surface area contributed by atoms with E-state index in [2.05, 4.69) is 0 Å². The van der Waals surface area contributed by atoms with Crippen LogP contribution in [0, 0.1) is 0 Å². The van der Waals surface area contributed by atoms with Crippen LogP contribution in [-0.4, -0.2) is 49.5 Å². The van der Waals surface area contributed by atoms with Gasteiger partial charge in [0.1, 0.15) is 11.4 Å². The van der Waals surface area contributed by atoms with Crippen LogP contribution in [0.3, 0.4) is 0 Å². The molecule has 0 aliphatic carbocycles. The Morgan fingerprint density at radius 3 is 2.24 bits per heavy atom. The molecule has 0 aromatic rings. The van der Waals surface area contributed by atoms with Gasteiger partial charge in [-0.15, -0.1) is 3.89 Å². The van der Waals surface area contributed by atoms with Crippen LogP contribution in [0.2, 0.25) is 0 Å². The maximum atomic E-state index is 13.6. The zero-order valence-corrected chi connectivity index (χ0v) is 10.7. The van der Waals surface area contributed by atoms with Crippen LogP contribution in [0.25, 0.3) is 0 Å². The molecule has 1 heterocycles. The molecule has 1 saturated heterocycles. The molecular formula is C9H15F2NO4S. The van der Waals surface area contributed by atoms with Crippen LogP contribution in [-0.2, 0) is 15.0 Å². The van der Waals surface area contributed by atoms with Crippen LogP contribution in [0.15, 0.2) is 0 Å². The van der Waals surface area contributed by atoms with Gasteiger partial charge in [0.25, 0.3) is 0 Å².